The smallest absolute Gasteiger partial charge is 0.407 e. The van der Waals surface area contributed by atoms with Crippen LogP contribution in [0.1, 0.15) is 29.0 Å². The van der Waals surface area contributed by atoms with Crippen molar-refractivity contribution in [1.29, 1.82) is 0 Å². The number of benzene rings is 3. The second-order valence-corrected chi connectivity index (χ2v) is 9.27. The van der Waals surface area contributed by atoms with Crippen molar-refractivity contribution in [3.8, 4) is 11.1 Å². The van der Waals surface area contributed by atoms with Crippen LogP contribution in [0.3, 0.4) is 0 Å². The molecule has 9 nitrogen and oxygen atoms in total. The molecule has 206 valence electrons. The van der Waals surface area contributed by atoms with Crippen LogP contribution < -0.4 is 5.32 Å². The van der Waals surface area contributed by atoms with Crippen molar-refractivity contribution < 1.29 is 33.8 Å². The Kier molecular flexibility index (Phi) is 9.30. The molecule has 0 unspecified atom stereocenters. The third-order valence-electron chi connectivity index (χ3n) is 6.53. The number of nitrogens with zero attached hydrogens (tertiary/aromatic N) is 1. The van der Waals surface area contributed by atoms with Gasteiger partial charge in [-0.15, -0.1) is 6.58 Å². The molecule has 3 aromatic carbocycles. The second-order valence-electron chi connectivity index (χ2n) is 9.27. The first-order chi connectivity index (χ1) is 19.4. The van der Waals surface area contributed by atoms with E-state index < -0.39 is 42.9 Å². The Hall–Kier alpha value is -4.92. The largest absolute Gasteiger partial charge is 0.480 e. The number of carbonyl (C=O) groups excluding carboxylic acids is 3. The highest BCUT2D eigenvalue weighted by Crippen LogP contribution is 2.44. The van der Waals surface area contributed by atoms with Crippen molar-refractivity contribution in [3.63, 3.8) is 0 Å². The number of alkyl carbamates (subject to hydrolysis) is 1. The lowest BCUT2D eigenvalue weighted by molar-refractivity contribution is -0.149. The molecule has 0 saturated heterocycles. The molecule has 0 fully saturated rings. The third kappa shape index (κ3) is 6.93. The first-order valence-corrected chi connectivity index (χ1v) is 12.8. The van der Waals surface area contributed by atoms with Crippen LogP contribution in [0, 0.1) is 0 Å². The fraction of sp³-hybridized carbons (Fsp3) is 0.226. The Morgan fingerprint density at radius 1 is 0.900 bits per heavy atom. The van der Waals surface area contributed by atoms with Gasteiger partial charge in [0.15, 0.2) is 0 Å². The maximum absolute atomic E-state index is 13.2. The molecule has 9 heteroatoms. The monoisotopic (exact) mass is 542 g/mol. The summed E-state index contributed by atoms with van der Waals surface area (Å²) >= 11 is 0. The first-order valence-electron chi connectivity index (χ1n) is 12.8. The zero-order valence-corrected chi connectivity index (χ0v) is 21.8. The van der Waals surface area contributed by atoms with E-state index in [1.54, 1.807) is 24.3 Å². The van der Waals surface area contributed by atoms with Crippen LogP contribution in [-0.4, -0.2) is 59.7 Å². The lowest BCUT2D eigenvalue weighted by Crippen LogP contribution is -2.51. The van der Waals surface area contributed by atoms with Crippen molar-refractivity contribution in [2.45, 2.75) is 25.0 Å². The van der Waals surface area contributed by atoms with E-state index in [4.69, 9.17) is 9.47 Å². The van der Waals surface area contributed by atoms with Crippen LogP contribution in [0.2, 0.25) is 0 Å². The number of ether oxygens (including phenoxy) is 2. The minimum atomic E-state index is -1.40. The number of aliphatic carboxylic acids is 1. The van der Waals surface area contributed by atoms with Crippen LogP contribution in [0.25, 0.3) is 11.1 Å². The highest BCUT2D eigenvalue weighted by molar-refractivity contribution is 5.91. The van der Waals surface area contributed by atoms with Crippen LogP contribution in [0.5, 0.6) is 0 Å². The molecule has 1 atom stereocenters. The van der Waals surface area contributed by atoms with Gasteiger partial charge in [-0.1, -0.05) is 84.9 Å². The number of carboxylic acid groups (broad SMARTS) is 1. The van der Waals surface area contributed by atoms with E-state index >= 15 is 0 Å². The van der Waals surface area contributed by atoms with Gasteiger partial charge < -0.3 is 24.8 Å². The summed E-state index contributed by atoms with van der Waals surface area (Å²) in [5.74, 6) is -2.96. The molecule has 0 aliphatic heterocycles. The number of carboxylic acids is 1. The predicted octanol–water partition coefficient (Wildman–Crippen LogP) is 4.13. The van der Waals surface area contributed by atoms with Gasteiger partial charge in [-0.3, -0.25) is 14.4 Å². The van der Waals surface area contributed by atoms with Crippen molar-refractivity contribution >= 4 is 23.9 Å². The van der Waals surface area contributed by atoms with Crippen molar-refractivity contribution in [2.24, 2.45) is 0 Å². The van der Waals surface area contributed by atoms with E-state index in [1.807, 2.05) is 54.6 Å². The van der Waals surface area contributed by atoms with Gasteiger partial charge in [-0.05, 0) is 27.8 Å². The lowest BCUT2D eigenvalue weighted by atomic mass is 9.98. The third-order valence-corrected chi connectivity index (χ3v) is 6.53. The molecule has 2 amide bonds. The van der Waals surface area contributed by atoms with E-state index in [9.17, 15) is 24.3 Å². The Morgan fingerprint density at radius 2 is 1.50 bits per heavy atom. The molecular formula is C31H30N2O7. The van der Waals surface area contributed by atoms with Crippen LogP contribution in [0.4, 0.5) is 4.79 Å². The van der Waals surface area contributed by atoms with Gasteiger partial charge in [-0.25, -0.2) is 4.79 Å². The van der Waals surface area contributed by atoms with Gasteiger partial charge in [-0.2, -0.15) is 0 Å². The van der Waals surface area contributed by atoms with E-state index in [1.165, 1.54) is 6.08 Å². The molecule has 0 spiro atoms. The fourth-order valence-electron chi connectivity index (χ4n) is 4.72. The number of hydrogen-bond acceptors (Lipinski definition) is 6. The number of esters is 1. The van der Waals surface area contributed by atoms with Gasteiger partial charge in [0.25, 0.3) is 0 Å². The SMILES string of the molecule is C=CCN(CC(=O)O)C(=O)[C@H](CC(=O)OCc1ccccc1)NC(=O)OCC1c2ccccc2-c2ccccc21. The van der Waals surface area contributed by atoms with Gasteiger partial charge in [0, 0.05) is 12.5 Å². The topological polar surface area (TPSA) is 122 Å². The first kappa shape index (κ1) is 28.1. The minimum Gasteiger partial charge on any atom is -0.480 e. The number of rotatable bonds is 12. The Bertz CT molecular complexity index is 1340. The van der Waals surface area contributed by atoms with E-state index in [-0.39, 0.29) is 25.7 Å². The number of amides is 2. The average Bonchev–Trinajstić information content (AvgIpc) is 3.28. The van der Waals surface area contributed by atoms with Gasteiger partial charge in [0.1, 0.15) is 25.8 Å². The summed E-state index contributed by atoms with van der Waals surface area (Å²) in [4.78, 5) is 51.1. The summed E-state index contributed by atoms with van der Waals surface area (Å²) in [6, 6.07) is 23.3. The molecule has 0 heterocycles. The maximum atomic E-state index is 13.2. The summed E-state index contributed by atoms with van der Waals surface area (Å²) in [6.07, 6.45) is -0.0628. The quantitative estimate of drug-likeness (QED) is 0.261. The average molecular weight is 543 g/mol. The fourth-order valence-corrected chi connectivity index (χ4v) is 4.72. The van der Waals surface area contributed by atoms with Crippen molar-refractivity contribution in [1.82, 2.24) is 10.2 Å². The van der Waals surface area contributed by atoms with Gasteiger partial charge in [0.05, 0.1) is 6.42 Å². The summed E-state index contributed by atoms with van der Waals surface area (Å²) in [7, 11) is 0. The summed E-state index contributed by atoms with van der Waals surface area (Å²) in [6.45, 7) is 2.82. The molecule has 0 radical (unpaired) electrons. The Morgan fingerprint density at radius 3 is 2.10 bits per heavy atom. The molecule has 0 aromatic heterocycles. The van der Waals surface area contributed by atoms with Gasteiger partial charge >= 0.3 is 18.0 Å². The number of nitrogens with one attached hydrogen (secondary N) is 1. The molecule has 4 rings (SSSR count). The van der Waals surface area contributed by atoms with Crippen molar-refractivity contribution in [3.05, 3.63) is 108 Å². The molecule has 1 aliphatic rings. The number of fused-ring (bicyclic) bond motifs is 3. The Labute approximate surface area is 232 Å². The number of carbonyl (C=O) groups is 4. The number of hydrogen-bond donors (Lipinski definition) is 2. The zero-order chi connectivity index (χ0) is 28.5. The Balaban J connectivity index is 1.45. The highest BCUT2D eigenvalue weighted by atomic mass is 16.5. The maximum Gasteiger partial charge on any atom is 0.407 e. The van der Waals surface area contributed by atoms with E-state index in [0.717, 1.165) is 32.7 Å². The summed E-state index contributed by atoms with van der Waals surface area (Å²) < 4.78 is 10.8. The molecule has 0 bridgehead atoms. The van der Waals surface area contributed by atoms with E-state index in [2.05, 4.69) is 11.9 Å². The van der Waals surface area contributed by atoms with Gasteiger partial charge in [0.2, 0.25) is 5.91 Å². The minimum absolute atomic E-state index is 0.00468. The highest BCUT2D eigenvalue weighted by Gasteiger charge is 2.32. The van der Waals surface area contributed by atoms with Crippen molar-refractivity contribution in [2.75, 3.05) is 19.7 Å². The van der Waals surface area contributed by atoms with Crippen LogP contribution in [-0.2, 0) is 30.5 Å². The normalized spacial score (nSPS) is 12.4. The molecular weight excluding hydrogens is 512 g/mol. The second kappa shape index (κ2) is 13.2. The predicted molar refractivity (Wildman–Crippen MR) is 147 cm³/mol. The summed E-state index contributed by atoms with van der Waals surface area (Å²) in [5.41, 5.74) is 4.92. The van der Waals surface area contributed by atoms with Crippen LogP contribution in [0.15, 0.2) is 91.5 Å². The van der Waals surface area contributed by atoms with Crippen LogP contribution >= 0.6 is 0 Å². The standard InChI is InChI=1S/C31H30N2O7/c1-2-16-33(18-28(34)35)30(37)27(17-29(36)39-19-21-10-4-3-5-11-21)32-31(38)40-20-26-24-14-8-6-12-22(24)23-13-7-9-15-25(23)26/h2-15,26-27H,1,16-20H2,(H,32,38)(H,34,35)/t27-/m0/s1. The molecule has 40 heavy (non-hydrogen) atoms. The lowest BCUT2D eigenvalue weighted by Gasteiger charge is -2.25. The molecule has 2 N–H and O–H groups in total. The summed E-state index contributed by atoms with van der Waals surface area (Å²) in [5, 5.41) is 11.7. The van der Waals surface area contributed by atoms with E-state index in [0.29, 0.717) is 0 Å². The molecule has 3 aromatic rings. The molecule has 1 aliphatic carbocycles. The zero-order valence-electron chi connectivity index (χ0n) is 21.8. The molecule has 0 saturated carbocycles.